The summed E-state index contributed by atoms with van der Waals surface area (Å²) >= 11 is 0. The van der Waals surface area contributed by atoms with Gasteiger partial charge in [-0.05, 0) is 12.8 Å². The number of aliphatic hydroxyl groups is 1. The Morgan fingerprint density at radius 3 is 3.06 bits per heavy atom. The second kappa shape index (κ2) is 6.83. The highest BCUT2D eigenvalue weighted by Gasteiger charge is 2.30. The maximum absolute atomic E-state index is 11.7. The Balaban J connectivity index is 2.52. The van der Waals surface area contributed by atoms with E-state index in [1.807, 2.05) is 13.8 Å². The Morgan fingerprint density at radius 1 is 1.69 bits per heavy atom. The Bertz CT molecular complexity index is 223. The van der Waals surface area contributed by atoms with Gasteiger partial charge in [-0.1, -0.05) is 6.92 Å². The number of hydrogen-bond donors (Lipinski definition) is 2. The molecular weight excluding hydrogens is 208 g/mol. The monoisotopic (exact) mass is 230 g/mol. The van der Waals surface area contributed by atoms with E-state index in [4.69, 9.17) is 9.84 Å². The van der Waals surface area contributed by atoms with Crippen LogP contribution in [0, 0.1) is 5.92 Å². The molecule has 0 radical (unpaired) electrons. The highest BCUT2D eigenvalue weighted by molar-refractivity contribution is 5.76. The number of rotatable bonds is 5. The fourth-order valence-corrected chi connectivity index (χ4v) is 1.89. The number of aliphatic hydroxyl groups excluding tert-OH is 1. The minimum atomic E-state index is -0.206. The molecule has 1 aliphatic rings. The summed E-state index contributed by atoms with van der Waals surface area (Å²) in [6.45, 7) is 7.44. The molecule has 1 heterocycles. The van der Waals surface area contributed by atoms with Crippen LogP contribution in [0.2, 0.25) is 0 Å². The van der Waals surface area contributed by atoms with Crippen LogP contribution in [0.25, 0.3) is 0 Å². The van der Waals surface area contributed by atoms with E-state index in [1.165, 1.54) is 0 Å². The van der Waals surface area contributed by atoms with E-state index in [2.05, 4.69) is 10.2 Å². The third-order valence-electron chi connectivity index (χ3n) is 2.77. The minimum Gasteiger partial charge on any atom is -0.465 e. The Morgan fingerprint density at radius 2 is 2.44 bits per heavy atom. The van der Waals surface area contributed by atoms with Crippen molar-refractivity contribution in [2.24, 2.45) is 5.92 Å². The van der Waals surface area contributed by atoms with Gasteiger partial charge < -0.3 is 15.2 Å². The average molecular weight is 230 g/mol. The first-order valence-corrected chi connectivity index (χ1v) is 5.91. The SMILES string of the molecule is CCOC(=O)C1CNCCN1CC(C)CO. The van der Waals surface area contributed by atoms with Crippen molar-refractivity contribution in [1.29, 1.82) is 0 Å². The van der Waals surface area contributed by atoms with Gasteiger partial charge in [0, 0.05) is 32.8 Å². The normalized spacial score (nSPS) is 24.1. The number of carbonyl (C=O) groups excluding carboxylic acids is 1. The topological polar surface area (TPSA) is 61.8 Å². The van der Waals surface area contributed by atoms with Gasteiger partial charge in [-0.25, -0.2) is 0 Å². The lowest BCUT2D eigenvalue weighted by Crippen LogP contribution is -2.56. The van der Waals surface area contributed by atoms with Crippen LogP contribution in [-0.4, -0.2) is 61.4 Å². The highest BCUT2D eigenvalue weighted by atomic mass is 16.5. The van der Waals surface area contributed by atoms with Crippen LogP contribution in [0.3, 0.4) is 0 Å². The standard InChI is InChI=1S/C11H22N2O3/c1-3-16-11(15)10-6-12-4-5-13(10)7-9(2)8-14/h9-10,12,14H,3-8H2,1-2H3. The second-order valence-electron chi connectivity index (χ2n) is 4.25. The smallest absolute Gasteiger partial charge is 0.324 e. The van der Waals surface area contributed by atoms with E-state index in [-0.39, 0.29) is 24.5 Å². The molecule has 5 nitrogen and oxygen atoms in total. The predicted octanol–water partition coefficient (Wildman–Crippen LogP) is -0.548. The molecular formula is C11H22N2O3. The van der Waals surface area contributed by atoms with Crippen molar-refractivity contribution in [2.45, 2.75) is 19.9 Å². The van der Waals surface area contributed by atoms with E-state index in [9.17, 15) is 4.79 Å². The third kappa shape index (κ3) is 3.73. The lowest BCUT2D eigenvalue weighted by Gasteiger charge is -2.35. The van der Waals surface area contributed by atoms with Gasteiger partial charge in [-0.2, -0.15) is 0 Å². The van der Waals surface area contributed by atoms with Crippen molar-refractivity contribution >= 4 is 5.97 Å². The summed E-state index contributed by atoms with van der Waals surface area (Å²) in [5, 5.41) is 12.2. The number of carbonyl (C=O) groups is 1. The molecule has 0 aromatic carbocycles. The lowest BCUT2D eigenvalue weighted by atomic mass is 10.1. The van der Waals surface area contributed by atoms with Crippen molar-refractivity contribution in [2.75, 3.05) is 39.4 Å². The van der Waals surface area contributed by atoms with Gasteiger partial charge in [0.05, 0.1) is 6.61 Å². The molecule has 94 valence electrons. The van der Waals surface area contributed by atoms with Crippen LogP contribution in [0.1, 0.15) is 13.8 Å². The summed E-state index contributed by atoms with van der Waals surface area (Å²) < 4.78 is 5.04. The first kappa shape index (κ1) is 13.4. The van der Waals surface area contributed by atoms with Crippen molar-refractivity contribution in [1.82, 2.24) is 10.2 Å². The Hall–Kier alpha value is -0.650. The van der Waals surface area contributed by atoms with E-state index in [1.54, 1.807) is 0 Å². The number of nitrogens with zero attached hydrogens (tertiary/aromatic N) is 1. The van der Waals surface area contributed by atoms with Crippen molar-refractivity contribution in [3.63, 3.8) is 0 Å². The van der Waals surface area contributed by atoms with Crippen LogP contribution >= 0.6 is 0 Å². The van der Waals surface area contributed by atoms with E-state index < -0.39 is 0 Å². The quantitative estimate of drug-likeness (QED) is 0.621. The predicted molar refractivity (Wildman–Crippen MR) is 61.1 cm³/mol. The summed E-state index contributed by atoms with van der Waals surface area (Å²) in [6.07, 6.45) is 0. The molecule has 2 unspecified atom stereocenters. The summed E-state index contributed by atoms with van der Waals surface area (Å²) in [6, 6.07) is -0.206. The zero-order valence-corrected chi connectivity index (χ0v) is 10.1. The molecule has 0 spiro atoms. The van der Waals surface area contributed by atoms with Crippen molar-refractivity contribution in [3.05, 3.63) is 0 Å². The number of ether oxygens (including phenoxy) is 1. The number of nitrogens with one attached hydrogen (secondary N) is 1. The van der Waals surface area contributed by atoms with Crippen LogP contribution in [0.15, 0.2) is 0 Å². The highest BCUT2D eigenvalue weighted by Crippen LogP contribution is 2.09. The Labute approximate surface area is 96.8 Å². The van der Waals surface area contributed by atoms with Crippen molar-refractivity contribution in [3.8, 4) is 0 Å². The molecule has 0 bridgehead atoms. The van der Waals surface area contributed by atoms with Crippen LogP contribution in [-0.2, 0) is 9.53 Å². The van der Waals surface area contributed by atoms with E-state index in [0.29, 0.717) is 13.2 Å². The molecule has 1 saturated heterocycles. The van der Waals surface area contributed by atoms with Crippen LogP contribution in [0.4, 0.5) is 0 Å². The lowest BCUT2D eigenvalue weighted by molar-refractivity contribution is -0.150. The van der Waals surface area contributed by atoms with Gasteiger partial charge >= 0.3 is 5.97 Å². The molecule has 0 saturated carbocycles. The molecule has 1 aliphatic heterocycles. The molecule has 16 heavy (non-hydrogen) atoms. The van der Waals surface area contributed by atoms with Crippen LogP contribution < -0.4 is 5.32 Å². The molecule has 2 N–H and O–H groups in total. The van der Waals surface area contributed by atoms with E-state index in [0.717, 1.165) is 19.6 Å². The van der Waals surface area contributed by atoms with Crippen LogP contribution in [0.5, 0.6) is 0 Å². The van der Waals surface area contributed by atoms with E-state index >= 15 is 0 Å². The summed E-state index contributed by atoms with van der Waals surface area (Å²) in [4.78, 5) is 13.8. The number of hydrogen-bond acceptors (Lipinski definition) is 5. The van der Waals surface area contributed by atoms with Gasteiger partial charge in [-0.15, -0.1) is 0 Å². The fourth-order valence-electron chi connectivity index (χ4n) is 1.89. The number of piperazine rings is 1. The zero-order valence-electron chi connectivity index (χ0n) is 10.1. The first-order chi connectivity index (χ1) is 7.69. The largest absolute Gasteiger partial charge is 0.465 e. The van der Waals surface area contributed by atoms with Gasteiger partial charge in [0.15, 0.2) is 0 Å². The summed E-state index contributed by atoms with van der Waals surface area (Å²) in [7, 11) is 0. The maximum atomic E-state index is 11.7. The summed E-state index contributed by atoms with van der Waals surface area (Å²) in [5.74, 6) is 0.0230. The maximum Gasteiger partial charge on any atom is 0.324 e. The molecule has 5 heteroatoms. The summed E-state index contributed by atoms with van der Waals surface area (Å²) in [5.41, 5.74) is 0. The molecule has 0 aromatic rings. The van der Waals surface area contributed by atoms with Crippen molar-refractivity contribution < 1.29 is 14.6 Å². The molecule has 0 aliphatic carbocycles. The van der Waals surface area contributed by atoms with Gasteiger partial charge in [-0.3, -0.25) is 9.69 Å². The second-order valence-corrected chi connectivity index (χ2v) is 4.25. The Kier molecular flexibility index (Phi) is 5.73. The van der Waals surface area contributed by atoms with Gasteiger partial charge in [0.1, 0.15) is 6.04 Å². The molecule has 0 amide bonds. The molecule has 1 fully saturated rings. The minimum absolute atomic E-state index is 0.152. The molecule has 0 aromatic heterocycles. The van der Waals surface area contributed by atoms with Gasteiger partial charge in [0.25, 0.3) is 0 Å². The zero-order chi connectivity index (χ0) is 12.0. The molecule has 2 atom stereocenters. The average Bonchev–Trinajstić information content (AvgIpc) is 2.30. The first-order valence-electron chi connectivity index (χ1n) is 5.91. The fraction of sp³-hybridized carbons (Fsp3) is 0.909. The molecule has 1 rings (SSSR count). The van der Waals surface area contributed by atoms with Gasteiger partial charge in [0.2, 0.25) is 0 Å². The third-order valence-corrected chi connectivity index (χ3v) is 2.77. The number of esters is 1.